The van der Waals surface area contributed by atoms with Crippen LogP contribution in [0.3, 0.4) is 0 Å². The molecule has 0 bridgehead atoms. The van der Waals surface area contributed by atoms with Crippen molar-refractivity contribution >= 4 is 5.97 Å². The van der Waals surface area contributed by atoms with E-state index < -0.39 is 5.97 Å². The van der Waals surface area contributed by atoms with E-state index in [0.717, 1.165) is 12.0 Å². The Morgan fingerprint density at radius 2 is 1.74 bits per heavy atom. The fraction of sp³-hybridized carbons (Fsp3) is 0.562. The molecular formula is C16H25NO2. The largest absolute Gasteiger partial charge is 0.481 e. The van der Waals surface area contributed by atoms with Crippen molar-refractivity contribution in [3.63, 3.8) is 0 Å². The van der Waals surface area contributed by atoms with Crippen LogP contribution in [0.4, 0.5) is 0 Å². The standard InChI is InChI=1S/C16H25NO2/c1-5-11(2)13-6-8-14(9-7-13)16(17-4)12(3)10-15(18)19/h6-9,11-12,16-17H,5,10H2,1-4H3,(H,18,19). The lowest BCUT2D eigenvalue weighted by atomic mass is 9.90. The Balaban J connectivity index is 2.84. The van der Waals surface area contributed by atoms with Crippen LogP contribution in [0.25, 0.3) is 0 Å². The summed E-state index contributed by atoms with van der Waals surface area (Å²) >= 11 is 0. The van der Waals surface area contributed by atoms with Gasteiger partial charge in [0.1, 0.15) is 0 Å². The first-order chi connectivity index (χ1) is 8.99. The highest BCUT2D eigenvalue weighted by molar-refractivity contribution is 5.67. The fourth-order valence-corrected chi connectivity index (χ4v) is 2.44. The summed E-state index contributed by atoms with van der Waals surface area (Å²) < 4.78 is 0. The molecule has 2 N–H and O–H groups in total. The highest BCUT2D eigenvalue weighted by atomic mass is 16.4. The van der Waals surface area contributed by atoms with Crippen LogP contribution < -0.4 is 5.32 Å². The molecule has 1 aromatic carbocycles. The number of benzene rings is 1. The van der Waals surface area contributed by atoms with E-state index in [4.69, 9.17) is 5.11 Å². The molecular weight excluding hydrogens is 238 g/mol. The third-order valence-electron chi connectivity index (χ3n) is 3.85. The second kappa shape index (κ2) is 7.29. The van der Waals surface area contributed by atoms with Crippen LogP contribution >= 0.6 is 0 Å². The Hall–Kier alpha value is -1.35. The van der Waals surface area contributed by atoms with E-state index in [1.165, 1.54) is 5.56 Å². The number of nitrogens with one attached hydrogen (secondary N) is 1. The Labute approximate surface area is 116 Å². The van der Waals surface area contributed by atoms with Crippen molar-refractivity contribution in [1.29, 1.82) is 0 Å². The molecule has 1 rings (SSSR count). The maximum Gasteiger partial charge on any atom is 0.303 e. The Morgan fingerprint density at radius 1 is 1.21 bits per heavy atom. The summed E-state index contributed by atoms with van der Waals surface area (Å²) in [5.41, 5.74) is 2.50. The Kier molecular flexibility index (Phi) is 6.03. The molecule has 0 aliphatic rings. The molecule has 19 heavy (non-hydrogen) atoms. The van der Waals surface area contributed by atoms with Gasteiger partial charge >= 0.3 is 5.97 Å². The van der Waals surface area contributed by atoms with Crippen molar-refractivity contribution in [2.45, 2.75) is 45.6 Å². The number of carbonyl (C=O) groups is 1. The molecule has 3 unspecified atom stereocenters. The zero-order valence-electron chi connectivity index (χ0n) is 12.3. The second-order valence-electron chi connectivity index (χ2n) is 5.32. The first kappa shape index (κ1) is 15.7. The monoisotopic (exact) mass is 263 g/mol. The summed E-state index contributed by atoms with van der Waals surface area (Å²) in [5.74, 6) is -0.112. The first-order valence-electron chi connectivity index (χ1n) is 6.98. The van der Waals surface area contributed by atoms with Crippen LogP contribution in [-0.4, -0.2) is 18.1 Å². The normalized spacial score (nSPS) is 15.8. The topological polar surface area (TPSA) is 49.3 Å². The predicted molar refractivity (Wildman–Crippen MR) is 78.4 cm³/mol. The summed E-state index contributed by atoms with van der Waals surface area (Å²) in [6.45, 7) is 6.37. The molecule has 3 heteroatoms. The summed E-state index contributed by atoms with van der Waals surface area (Å²) in [4.78, 5) is 10.8. The predicted octanol–water partition coefficient (Wildman–Crippen LogP) is 3.57. The number of hydrogen-bond donors (Lipinski definition) is 2. The molecule has 1 aromatic rings. The van der Waals surface area contributed by atoms with Crippen LogP contribution in [-0.2, 0) is 4.79 Å². The number of carboxylic acids is 1. The summed E-state index contributed by atoms with van der Waals surface area (Å²) in [5, 5.41) is 12.1. The molecule has 0 spiro atoms. The summed E-state index contributed by atoms with van der Waals surface area (Å²) in [7, 11) is 1.88. The fourth-order valence-electron chi connectivity index (χ4n) is 2.44. The minimum absolute atomic E-state index is 0.0666. The molecule has 0 aliphatic heterocycles. The lowest BCUT2D eigenvalue weighted by molar-refractivity contribution is -0.138. The van der Waals surface area contributed by atoms with Crippen molar-refractivity contribution in [1.82, 2.24) is 5.32 Å². The van der Waals surface area contributed by atoms with E-state index in [1.54, 1.807) is 0 Å². The van der Waals surface area contributed by atoms with Crippen molar-refractivity contribution < 1.29 is 9.90 Å². The van der Waals surface area contributed by atoms with Crippen LogP contribution in [0.5, 0.6) is 0 Å². The zero-order valence-corrected chi connectivity index (χ0v) is 12.3. The van der Waals surface area contributed by atoms with Crippen LogP contribution in [0.2, 0.25) is 0 Å². The number of aliphatic carboxylic acids is 1. The minimum Gasteiger partial charge on any atom is -0.481 e. The van der Waals surface area contributed by atoms with Gasteiger partial charge in [0.2, 0.25) is 0 Å². The van der Waals surface area contributed by atoms with E-state index in [1.807, 2.05) is 14.0 Å². The molecule has 0 radical (unpaired) electrons. The molecule has 0 aromatic heterocycles. The van der Waals surface area contributed by atoms with E-state index in [0.29, 0.717) is 5.92 Å². The molecule has 3 nitrogen and oxygen atoms in total. The first-order valence-corrected chi connectivity index (χ1v) is 6.98. The average Bonchev–Trinajstić information content (AvgIpc) is 2.38. The molecule has 0 heterocycles. The van der Waals surface area contributed by atoms with Gasteiger partial charge in [0.25, 0.3) is 0 Å². The molecule has 0 saturated heterocycles. The maximum atomic E-state index is 10.8. The smallest absolute Gasteiger partial charge is 0.303 e. The van der Waals surface area contributed by atoms with E-state index in [2.05, 4.69) is 43.4 Å². The minimum atomic E-state index is -0.746. The second-order valence-corrected chi connectivity index (χ2v) is 5.32. The van der Waals surface area contributed by atoms with E-state index in [9.17, 15) is 4.79 Å². The number of carboxylic acid groups (broad SMARTS) is 1. The third-order valence-corrected chi connectivity index (χ3v) is 3.85. The van der Waals surface area contributed by atoms with Gasteiger partial charge in [-0.15, -0.1) is 0 Å². The van der Waals surface area contributed by atoms with Crippen LogP contribution in [0.1, 0.15) is 56.7 Å². The third kappa shape index (κ3) is 4.35. The van der Waals surface area contributed by atoms with E-state index in [-0.39, 0.29) is 18.4 Å². The SMILES string of the molecule is CCC(C)c1ccc(C(NC)C(C)CC(=O)O)cc1. The van der Waals surface area contributed by atoms with Gasteiger partial charge in [0, 0.05) is 12.5 Å². The molecule has 0 amide bonds. The van der Waals surface area contributed by atoms with Gasteiger partial charge in [0.15, 0.2) is 0 Å². The van der Waals surface area contributed by atoms with Crippen LogP contribution in [0.15, 0.2) is 24.3 Å². The van der Waals surface area contributed by atoms with Gasteiger partial charge < -0.3 is 10.4 Å². The maximum absolute atomic E-state index is 10.8. The highest BCUT2D eigenvalue weighted by Crippen LogP contribution is 2.26. The molecule has 0 saturated carbocycles. The van der Waals surface area contributed by atoms with Gasteiger partial charge in [-0.2, -0.15) is 0 Å². The van der Waals surface area contributed by atoms with Gasteiger partial charge in [-0.3, -0.25) is 4.79 Å². The number of hydrogen-bond acceptors (Lipinski definition) is 2. The van der Waals surface area contributed by atoms with Gasteiger partial charge in [-0.05, 0) is 36.4 Å². The number of rotatable bonds is 7. The Bertz CT molecular complexity index is 400. The lowest BCUT2D eigenvalue weighted by Gasteiger charge is -2.23. The summed E-state index contributed by atoms with van der Waals surface area (Å²) in [6, 6.07) is 8.62. The molecule has 0 aliphatic carbocycles. The average molecular weight is 263 g/mol. The van der Waals surface area contributed by atoms with E-state index >= 15 is 0 Å². The zero-order chi connectivity index (χ0) is 14.4. The molecule has 106 valence electrons. The van der Waals surface area contributed by atoms with Gasteiger partial charge in [0.05, 0.1) is 0 Å². The quantitative estimate of drug-likeness (QED) is 0.790. The van der Waals surface area contributed by atoms with Crippen molar-refractivity contribution in [2.75, 3.05) is 7.05 Å². The molecule has 3 atom stereocenters. The molecule has 0 fully saturated rings. The van der Waals surface area contributed by atoms with Crippen molar-refractivity contribution in [3.8, 4) is 0 Å². The van der Waals surface area contributed by atoms with Crippen LogP contribution in [0, 0.1) is 5.92 Å². The summed E-state index contributed by atoms with van der Waals surface area (Å²) in [6.07, 6.45) is 1.31. The highest BCUT2D eigenvalue weighted by Gasteiger charge is 2.20. The van der Waals surface area contributed by atoms with Crippen molar-refractivity contribution in [2.24, 2.45) is 5.92 Å². The van der Waals surface area contributed by atoms with Gasteiger partial charge in [-0.25, -0.2) is 0 Å². The Morgan fingerprint density at radius 3 is 2.16 bits per heavy atom. The van der Waals surface area contributed by atoms with Crippen molar-refractivity contribution in [3.05, 3.63) is 35.4 Å². The lowest BCUT2D eigenvalue weighted by Crippen LogP contribution is -2.25. The van der Waals surface area contributed by atoms with Gasteiger partial charge in [-0.1, -0.05) is 45.0 Å².